The van der Waals surface area contributed by atoms with Crippen molar-refractivity contribution in [3.05, 3.63) is 41.8 Å². The first-order valence-electron chi connectivity index (χ1n) is 9.01. The van der Waals surface area contributed by atoms with Crippen LogP contribution < -0.4 is 20.3 Å². The Morgan fingerprint density at radius 2 is 2.18 bits per heavy atom. The summed E-state index contributed by atoms with van der Waals surface area (Å²) in [7, 11) is 3.47. The third-order valence-electron chi connectivity index (χ3n) is 4.54. The lowest BCUT2D eigenvalue weighted by molar-refractivity contribution is -0.121. The SMILES string of the molecule is COCCNC(=O)c1ccc2c(c1)N(C)C(CC(=O)NCc1ccno1)CO2. The van der Waals surface area contributed by atoms with Gasteiger partial charge >= 0.3 is 0 Å². The summed E-state index contributed by atoms with van der Waals surface area (Å²) in [6.07, 6.45) is 1.79. The molecule has 2 heterocycles. The van der Waals surface area contributed by atoms with E-state index in [9.17, 15) is 9.59 Å². The Bertz CT molecular complexity index is 809. The Kier molecular flexibility index (Phi) is 6.49. The molecular formula is C19H24N4O5. The lowest BCUT2D eigenvalue weighted by atomic mass is 10.1. The van der Waals surface area contributed by atoms with Crippen LogP contribution >= 0.6 is 0 Å². The highest BCUT2D eigenvalue weighted by Gasteiger charge is 2.27. The summed E-state index contributed by atoms with van der Waals surface area (Å²) in [6.45, 7) is 1.56. The van der Waals surface area contributed by atoms with Crippen LogP contribution in [0.5, 0.6) is 5.75 Å². The monoisotopic (exact) mass is 388 g/mol. The van der Waals surface area contributed by atoms with E-state index in [1.54, 1.807) is 31.4 Å². The lowest BCUT2D eigenvalue weighted by Crippen LogP contribution is -2.43. The van der Waals surface area contributed by atoms with Crippen molar-refractivity contribution in [2.45, 2.75) is 19.0 Å². The molecule has 2 aromatic rings. The second kappa shape index (κ2) is 9.23. The Morgan fingerprint density at radius 1 is 1.32 bits per heavy atom. The van der Waals surface area contributed by atoms with Crippen molar-refractivity contribution < 1.29 is 23.6 Å². The van der Waals surface area contributed by atoms with Gasteiger partial charge in [0.05, 0.1) is 37.5 Å². The molecule has 0 aliphatic carbocycles. The molecule has 3 rings (SSSR count). The van der Waals surface area contributed by atoms with Crippen LogP contribution in [-0.2, 0) is 16.1 Å². The predicted molar refractivity (Wildman–Crippen MR) is 101 cm³/mol. The van der Waals surface area contributed by atoms with Crippen molar-refractivity contribution >= 4 is 17.5 Å². The molecule has 0 spiro atoms. The van der Waals surface area contributed by atoms with Gasteiger partial charge in [0.25, 0.3) is 5.91 Å². The van der Waals surface area contributed by atoms with Gasteiger partial charge in [0.15, 0.2) is 5.76 Å². The van der Waals surface area contributed by atoms with Crippen molar-refractivity contribution in [2.75, 3.05) is 38.8 Å². The second-order valence-electron chi connectivity index (χ2n) is 6.47. The van der Waals surface area contributed by atoms with E-state index in [0.717, 1.165) is 5.69 Å². The number of hydrogen-bond donors (Lipinski definition) is 2. The van der Waals surface area contributed by atoms with Crippen LogP contribution in [-0.4, -0.2) is 56.9 Å². The number of amides is 2. The van der Waals surface area contributed by atoms with Gasteiger partial charge in [0, 0.05) is 32.3 Å². The Balaban J connectivity index is 1.60. The van der Waals surface area contributed by atoms with Crippen molar-refractivity contribution in [3.8, 4) is 5.75 Å². The zero-order chi connectivity index (χ0) is 19.9. The van der Waals surface area contributed by atoms with E-state index in [1.807, 2.05) is 11.9 Å². The standard InChI is InChI=1S/C19H24N4O5/c1-23-14(10-18(24)21-11-15-5-6-22-28-15)12-27-17-4-3-13(9-16(17)23)19(25)20-7-8-26-2/h3-6,9,14H,7-8,10-12H2,1-2H3,(H,20,25)(H,21,24). The van der Waals surface area contributed by atoms with Gasteiger partial charge in [-0.15, -0.1) is 0 Å². The zero-order valence-electron chi connectivity index (χ0n) is 15.9. The van der Waals surface area contributed by atoms with Crippen molar-refractivity contribution in [1.82, 2.24) is 15.8 Å². The van der Waals surface area contributed by atoms with Gasteiger partial charge in [-0.05, 0) is 18.2 Å². The normalized spacial score (nSPS) is 15.5. The van der Waals surface area contributed by atoms with E-state index in [2.05, 4.69) is 15.8 Å². The van der Waals surface area contributed by atoms with Crippen LogP contribution in [0.4, 0.5) is 5.69 Å². The topological polar surface area (TPSA) is 106 Å². The number of anilines is 1. The lowest BCUT2D eigenvalue weighted by Gasteiger charge is -2.35. The summed E-state index contributed by atoms with van der Waals surface area (Å²) in [5, 5.41) is 9.20. The van der Waals surface area contributed by atoms with Gasteiger partial charge in [0.1, 0.15) is 12.4 Å². The van der Waals surface area contributed by atoms with E-state index in [4.69, 9.17) is 14.0 Å². The largest absolute Gasteiger partial charge is 0.489 e. The molecule has 28 heavy (non-hydrogen) atoms. The van der Waals surface area contributed by atoms with Gasteiger partial charge in [-0.25, -0.2) is 0 Å². The minimum Gasteiger partial charge on any atom is -0.489 e. The maximum absolute atomic E-state index is 12.3. The molecule has 1 aliphatic heterocycles. The van der Waals surface area contributed by atoms with Crippen LogP contribution in [0.1, 0.15) is 22.5 Å². The number of aromatic nitrogens is 1. The van der Waals surface area contributed by atoms with E-state index in [0.29, 0.717) is 43.4 Å². The Labute approximate surface area is 163 Å². The Morgan fingerprint density at radius 3 is 2.93 bits per heavy atom. The quantitative estimate of drug-likeness (QED) is 0.649. The number of carbonyl (C=O) groups excluding carboxylic acids is 2. The van der Waals surface area contributed by atoms with Crippen LogP contribution in [0, 0.1) is 0 Å². The third kappa shape index (κ3) is 4.80. The smallest absolute Gasteiger partial charge is 0.251 e. The van der Waals surface area contributed by atoms with Crippen molar-refractivity contribution in [1.29, 1.82) is 0 Å². The molecule has 0 saturated heterocycles. The molecule has 1 aliphatic rings. The number of nitrogens with zero attached hydrogens (tertiary/aromatic N) is 2. The van der Waals surface area contributed by atoms with Crippen LogP contribution in [0.15, 0.2) is 35.0 Å². The van der Waals surface area contributed by atoms with Gasteiger partial charge in [-0.1, -0.05) is 5.16 Å². The number of nitrogens with one attached hydrogen (secondary N) is 2. The highest BCUT2D eigenvalue weighted by Crippen LogP contribution is 2.34. The first-order valence-corrected chi connectivity index (χ1v) is 9.01. The summed E-state index contributed by atoms with van der Waals surface area (Å²) in [6, 6.07) is 6.83. The number of benzene rings is 1. The molecule has 1 aromatic carbocycles. The summed E-state index contributed by atoms with van der Waals surface area (Å²) in [4.78, 5) is 26.5. The highest BCUT2D eigenvalue weighted by atomic mass is 16.5. The van der Waals surface area contributed by atoms with E-state index in [1.165, 1.54) is 6.20 Å². The maximum Gasteiger partial charge on any atom is 0.251 e. The average molecular weight is 388 g/mol. The number of rotatable bonds is 8. The number of fused-ring (bicyclic) bond motifs is 1. The van der Waals surface area contributed by atoms with Crippen molar-refractivity contribution in [3.63, 3.8) is 0 Å². The molecule has 150 valence electrons. The Hall–Kier alpha value is -3.07. The molecule has 1 unspecified atom stereocenters. The van der Waals surface area contributed by atoms with E-state index >= 15 is 0 Å². The first kappa shape index (κ1) is 19.7. The fourth-order valence-electron chi connectivity index (χ4n) is 2.92. The maximum atomic E-state index is 12.3. The number of carbonyl (C=O) groups is 2. The molecule has 9 nitrogen and oxygen atoms in total. The number of ether oxygens (including phenoxy) is 2. The van der Waals surface area contributed by atoms with Gasteiger partial charge in [0.2, 0.25) is 5.91 Å². The van der Waals surface area contributed by atoms with Crippen molar-refractivity contribution in [2.24, 2.45) is 0 Å². The molecular weight excluding hydrogens is 364 g/mol. The molecule has 0 fully saturated rings. The van der Waals surface area contributed by atoms with Crippen LogP contribution in [0.2, 0.25) is 0 Å². The molecule has 0 radical (unpaired) electrons. The average Bonchev–Trinajstić information content (AvgIpc) is 3.22. The van der Waals surface area contributed by atoms with Gasteiger partial charge in [-0.2, -0.15) is 0 Å². The van der Waals surface area contributed by atoms with E-state index in [-0.39, 0.29) is 24.3 Å². The molecule has 0 saturated carbocycles. The second-order valence-corrected chi connectivity index (χ2v) is 6.47. The minimum absolute atomic E-state index is 0.117. The van der Waals surface area contributed by atoms with E-state index < -0.39 is 0 Å². The fourth-order valence-corrected chi connectivity index (χ4v) is 2.92. The fraction of sp³-hybridized carbons (Fsp3) is 0.421. The molecule has 2 N–H and O–H groups in total. The summed E-state index contributed by atoms with van der Waals surface area (Å²) < 4.78 is 15.7. The highest BCUT2D eigenvalue weighted by molar-refractivity contribution is 5.95. The van der Waals surface area contributed by atoms with Crippen LogP contribution in [0.25, 0.3) is 0 Å². The summed E-state index contributed by atoms with van der Waals surface area (Å²) in [5.41, 5.74) is 1.31. The molecule has 9 heteroatoms. The number of hydrogen-bond acceptors (Lipinski definition) is 7. The molecule has 1 atom stereocenters. The molecule has 1 aromatic heterocycles. The van der Waals surface area contributed by atoms with Gasteiger partial charge in [-0.3, -0.25) is 9.59 Å². The third-order valence-corrected chi connectivity index (χ3v) is 4.54. The zero-order valence-corrected chi connectivity index (χ0v) is 15.9. The van der Waals surface area contributed by atoms with Gasteiger partial charge < -0.3 is 29.5 Å². The summed E-state index contributed by atoms with van der Waals surface area (Å²) >= 11 is 0. The first-order chi connectivity index (χ1) is 13.6. The predicted octanol–water partition coefficient (Wildman–Crippen LogP) is 0.954. The molecule has 0 bridgehead atoms. The molecule has 2 amide bonds. The van der Waals surface area contributed by atoms with Crippen LogP contribution in [0.3, 0.4) is 0 Å². The summed E-state index contributed by atoms with van der Waals surface area (Å²) in [5.74, 6) is 0.985. The number of likely N-dealkylation sites (N-methyl/N-ethyl adjacent to an activating group) is 1. The minimum atomic E-state index is -0.180. The number of methoxy groups -OCH3 is 1.